The van der Waals surface area contributed by atoms with Crippen LogP contribution >= 0.6 is 0 Å². The molecule has 0 aliphatic carbocycles. The van der Waals surface area contributed by atoms with Crippen LogP contribution in [0.3, 0.4) is 0 Å². The number of ether oxygens (including phenoxy) is 1. The molecule has 0 aliphatic rings. The van der Waals surface area contributed by atoms with Crippen LogP contribution in [0, 0.1) is 12.7 Å². The molecule has 0 aliphatic heterocycles. The molecule has 0 radical (unpaired) electrons. The Morgan fingerprint density at radius 2 is 1.92 bits per heavy atom. The monoisotopic (exact) mass is 526 g/mol. The first-order valence-electron chi connectivity index (χ1n) is 12.5. The molecule has 1 amide bonds. The Morgan fingerprint density at radius 3 is 2.69 bits per heavy atom. The molecule has 5 rings (SSSR count). The van der Waals surface area contributed by atoms with Gasteiger partial charge in [-0.1, -0.05) is 30.3 Å². The fourth-order valence-corrected chi connectivity index (χ4v) is 4.80. The normalized spacial score (nSPS) is 12.0. The number of nitrogens with zero attached hydrogens (tertiary/aromatic N) is 3. The highest BCUT2D eigenvalue weighted by molar-refractivity contribution is 5.86. The molecule has 2 heterocycles. The number of phenols is 1. The number of nitrogens with one attached hydrogen (secondary N) is 1. The summed E-state index contributed by atoms with van der Waals surface area (Å²) in [5, 5.41) is 14.9. The van der Waals surface area contributed by atoms with Crippen LogP contribution in [0.2, 0.25) is 0 Å². The first-order valence-corrected chi connectivity index (χ1v) is 12.5. The summed E-state index contributed by atoms with van der Waals surface area (Å²) in [6.07, 6.45) is 1.66. The number of methoxy groups -OCH3 is 1. The van der Waals surface area contributed by atoms with Gasteiger partial charge >= 0.3 is 0 Å². The fourth-order valence-electron chi connectivity index (χ4n) is 4.80. The highest BCUT2D eigenvalue weighted by atomic mass is 19.1. The number of hydrogen-bond donors (Lipinski definition) is 2. The number of amides is 1. The van der Waals surface area contributed by atoms with Gasteiger partial charge in [-0.2, -0.15) is 0 Å². The predicted molar refractivity (Wildman–Crippen MR) is 147 cm³/mol. The molecule has 8 nitrogen and oxygen atoms in total. The highest BCUT2D eigenvalue weighted by Gasteiger charge is 2.23. The number of carbonyl (C=O) groups excluding carboxylic acids is 1. The smallest absolute Gasteiger partial charge is 0.261 e. The number of phenolic OH excluding ortho intramolecular Hbond substituents is 1. The Balaban J connectivity index is 1.38. The quantitative estimate of drug-likeness (QED) is 0.310. The summed E-state index contributed by atoms with van der Waals surface area (Å²) >= 11 is 0. The van der Waals surface area contributed by atoms with E-state index in [0.717, 1.165) is 10.9 Å². The van der Waals surface area contributed by atoms with E-state index in [1.54, 1.807) is 38.4 Å². The summed E-state index contributed by atoms with van der Waals surface area (Å²) in [6.45, 7) is 2.04. The van der Waals surface area contributed by atoms with Crippen LogP contribution in [0.4, 0.5) is 4.39 Å². The molecule has 39 heavy (non-hydrogen) atoms. The Morgan fingerprint density at radius 1 is 1.13 bits per heavy atom. The molecule has 2 N–H and O–H groups in total. The zero-order valence-corrected chi connectivity index (χ0v) is 21.5. The fraction of sp³-hybridized carbons (Fsp3) is 0.200. The molecule has 0 saturated carbocycles. The van der Waals surface area contributed by atoms with Crippen molar-refractivity contribution in [1.29, 1.82) is 0 Å². The van der Waals surface area contributed by atoms with E-state index in [-0.39, 0.29) is 42.1 Å². The summed E-state index contributed by atoms with van der Waals surface area (Å²) in [5.41, 5.74) is 1.92. The van der Waals surface area contributed by atoms with Crippen LogP contribution in [-0.4, -0.2) is 39.2 Å². The summed E-state index contributed by atoms with van der Waals surface area (Å²) in [5.74, 6) is -0.0619. The Hall–Kier alpha value is -4.79. The lowest BCUT2D eigenvalue weighted by Gasteiger charge is -2.20. The molecule has 0 fully saturated rings. The third-order valence-electron chi connectivity index (χ3n) is 6.83. The zero-order valence-electron chi connectivity index (χ0n) is 21.5. The molecule has 9 heteroatoms. The number of hydrogen-bond acceptors (Lipinski definition) is 6. The molecule has 3 aromatic carbocycles. The maximum Gasteiger partial charge on any atom is 0.261 e. The molecule has 0 bridgehead atoms. The number of pyridine rings is 1. The van der Waals surface area contributed by atoms with Crippen molar-refractivity contribution in [2.24, 2.45) is 0 Å². The molecule has 0 saturated heterocycles. The molecular weight excluding hydrogens is 499 g/mol. The standard InChI is InChI=1S/C30H27FN4O4/c1-18-34-26-12-8-21(31)16-25(26)30(38)35(18)15-14-32-27(36)17-24(19-5-9-22(39-2)10-6-19)23-11-7-20-4-3-13-33-28(20)29(23)37/h3-13,16,24,37H,14-15,17H2,1-2H3,(H,32,36). The van der Waals surface area contributed by atoms with Crippen LogP contribution in [0.5, 0.6) is 11.5 Å². The zero-order chi connectivity index (χ0) is 27.5. The van der Waals surface area contributed by atoms with Gasteiger partial charge in [-0.05, 0) is 48.9 Å². The van der Waals surface area contributed by atoms with Crippen LogP contribution in [0.1, 0.15) is 29.3 Å². The van der Waals surface area contributed by atoms with Gasteiger partial charge in [0.15, 0.2) is 0 Å². The largest absolute Gasteiger partial charge is 0.505 e. The van der Waals surface area contributed by atoms with E-state index >= 15 is 0 Å². The van der Waals surface area contributed by atoms with E-state index < -0.39 is 11.7 Å². The van der Waals surface area contributed by atoms with Gasteiger partial charge in [0.25, 0.3) is 5.56 Å². The molecule has 5 aromatic rings. The average molecular weight is 527 g/mol. The van der Waals surface area contributed by atoms with E-state index in [1.165, 1.54) is 22.8 Å². The second-order valence-corrected chi connectivity index (χ2v) is 9.24. The highest BCUT2D eigenvalue weighted by Crippen LogP contribution is 2.38. The van der Waals surface area contributed by atoms with Gasteiger partial charge in [0, 0.05) is 42.6 Å². The third-order valence-corrected chi connectivity index (χ3v) is 6.83. The summed E-state index contributed by atoms with van der Waals surface area (Å²) in [7, 11) is 1.58. The van der Waals surface area contributed by atoms with Crippen molar-refractivity contribution < 1.29 is 19.0 Å². The second kappa shape index (κ2) is 10.9. The van der Waals surface area contributed by atoms with E-state index in [4.69, 9.17) is 4.74 Å². The van der Waals surface area contributed by atoms with Gasteiger partial charge in [0.2, 0.25) is 5.91 Å². The molecule has 2 aromatic heterocycles. The number of fused-ring (bicyclic) bond motifs is 2. The minimum Gasteiger partial charge on any atom is -0.505 e. The van der Waals surface area contributed by atoms with E-state index in [9.17, 15) is 19.1 Å². The van der Waals surface area contributed by atoms with Crippen LogP contribution in [0.15, 0.2) is 77.7 Å². The number of aromatic hydroxyl groups is 1. The maximum absolute atomic E-state index is 13.7. The van der Waals surface area contributed by atoms with Crippen molar-refractivity contribution in [1.82, 2.24) is 19.9 Å². The molecule has 198 valence electrons. The van der Waals surface area contributed by atoms with Gasteiger partial charge in [-0.15, -0.1) is 0 Å². The molecule has 0 spiro atoms. The molecule has 1 unspecified atom stereocenters. The van der Waals surface area contributed by atoms with Crippen molar-refractivity contribution in [3.8, 4) is 11.5 Å². The Labute approximate surface area is 223 Å². The average Bonchev–Trinajstić information content (AvgIpc) is 2.95. The van der Waals surface area contributed by atoms with Crippen LogP contribution < -0.4 is 15.6 Å². The van der Waals surface area contributed by atoms with E-state index in [0.29, 0.717) is 28.2 Å². The van der Waals surface area contributed by atoms with E-state index in [2.05, 4.69) is 15.3 Å². The Kier molecular flexibility index (Phi) is 7.23. The second-order valence-electron chi connectivity index (χ2n) is 9.24. The number of halogens is 1. The van der Waals surface area contributed by atoms with Crippen LogP contribution in [-0.2, 0) is 11.3 Å². The summed E-state index contributed by atoms with van der Waals surface area (Å²) in [6, 6.07) is 18.6. The van der Waals surface area contributed by atoms with Crippen LogP contribution in [0.25, 0.3) is 21.8 Å². The van der Waals surface area contributed by atoms with Crippen molar-refractivity contribution in [3.63, 3.8) is 0 Å². The number of rotatable bonds is 8. The third kappa shape index (κ3) is 5.29. The number of aromatic nitrogens is 3. The van der Waals surface area contributed by atoms with Crippen molar-refractivity contribution in [3.05, 3.63) is 106 Å². The van der Waals surface area contributed by atoms with Crippen molar-refractivity contribution in [2.45, 2.75) is 25.8 Å². The minimum atomic E-state index is -0.512. The summed E-state index contributed by atoms with van der Waals surface area (Å²) in [4.78, 5) is 34.8. The number of carbonyl (C=O) groups is 1. The molecule has 1 atom stereocenters. The molecular formula is C30H27FN4O4. The lowest BCUT2D eigenvalue weighted by atomic mass is 9.87. The minimum absolute atomic E-state index is 0.0263. The lowest BCUT2D eigenvalue weighted by Crippen LogP contribution is -2.33. The topological polar surface area (TPSA) is 106 Å². The van der Waals surface area contributed by atoms with E-state index in [1.807, 2.05) is 30.3 Å². The van der Waals surface area contributed by atoms with Crippen molar-refractivity contribution >= 4 is 27.7 Å². The summed E-state index contributed by atoms with van der Waals surface area (Å²) < 4.78 is 20.4. The lowest BCUT2D eigenvalue weighted by molar-refractivity contribution is -0.121. The first kappa shape index (κ1) is 25.8. The SMILES string of the molecule is COc1ccc(C(CC(=O)NCCn2c(C)nc3ccc(F)cc3c2=O)c2ccc3cccnc3c2O)cc1. The van der Waals surface area contributed by atoms with Gasteiger partial charge < -0.3 is 15.2 Å². The van der Waals surface area contributed by atoms with Gasteiger partial charge in [0.1, 0.15) is 28.7 Å². The van der Waals surface area contributed by atoms with Gasteiger partial charge in [-0.25, -0.2) is 9.37 Å². The number of aryl methyl sites for hydroxylation is 1. The first-order chi connectivity index (χ1) is 18.9. The maximum atomic E-state index is 13.7. The van der Waals surface area contributed by atoms with Gasteiger partial charge in [0.05, 0.1) is 18.0 Å². The van der Waals surface area contributed by atoms with Gasteiger partial charge in [-0.3, -0.25) is 19.1 Å². The number of benzene rings is 3. The van der Waals surface area contributed by atoms with Crippen molar-refractivity contribution in [2.75, 3.05) is 13.7 Å². The Bertz CT molecular complexity index is 1730. The predicted octanol–water partition coefficient (Wildman–Crippen LogP) is 4.44.